The fraction of sp³-hybridized carbons (Fsp3) is 0.938. The first-order chi connectivity index (χ1) is 9.65. The molecule has 116 valence electrons. The Morgan fingerprint density at radius 2 is 1.75 bits per heavy atom. The summed E-state index contributed by atoms with van der Waals surface area (Å²) in [5, 5.41) is 3.05. The van der Waals surface area contributed by atoms with E-state index in [0.717, 1.165) is 37.9 Å². The topological polar surface area (TPSA) is 35.6 Å². The molecule has 0 aromatic carbocycles. The minimum absolute atomic E-state index is 0.141. The van der Waals surface area contributed by atoms with Crippen molar-refractivity contribution in [1.82, 2.24) is 15.1 Å². The van der Waals surface area contributed by atoms with Crippen LogP contribution in [0.1, 0.15) is 46.0 Å². The van der Waals surface area contributed by atoms with E-state index in [4.69, 9.17) is 0 Å². The molecule has 20 heavy (non-hydrogen) atoms. The zero-order chi connectivity index (χ0) is 14.4. The van der Waals surface area contributed by atoms with Gasteiger partial charge in [-0.05, 0) is 50.5 Å². The third kappa shape index (κ3) is 4.97. The number of piperidine rings is 1. The first-order valence-corrected chi connectivity index (χ1v) is 8.40. The molecule has 0 radical (unpaired) electrons. The van der Waals surface area contributed by atoms with Crippen molar-refractivity contribution in [2.24, 2.45) is 11.8 Å². The lowest BCUT2D eigenvalue weighted by atomic mass is 9.92. The molecule has 2 unspecified atom stereocenters. The van der Waals surface area contributed by atoms with Gasteiger partial charge in [-0.15, -0.1) is 0 Å². The van der Waals surface area contributed by atoms with Crippen LogP contribution < -0.4 is 5.32 Å². The second-order valence-corrected chi connectivity index (χ2v) is 6.84. The van der Waals surface area contributed by atoms with Gasteiger partial charge in [-0.2, -0.15) is 0 Å². The van der Waals surface area contributed by atoms with Crippen LogP contribution in [-0.2, 0) is 0 Å². The van der Waals surface area contributed by atoms with Crippen LogP contribution >= 0.6 is 0 Å². The van der Waals surface area contributed by atoms with Gasteiger partial charge in [0.15, 0.2) is 0 Å². The molecular formula is C16H31N3O. The maximum absolute atomic E-state index is 11.8. The lowest BCUT2D eigenvalue weighted by Crippen LogP contribution is -2.40. The van der Waals surface area contributed by atoms with Gasteiger partial charge in [-0.1, -0.05) is 13.8 Å². The second-order valence-electron chi connectivity index (χ2n) is 6.84. The van der Waals surface area contributed by atoms with Crippen molar-refractivity contribution in [3.63, 3.8) is 0 Å². The fourth-order valence-corrected chi connectivity index (χ4v) is 3.66. The van der Waals surface area contributed by atoms with Crippen LogP contribution in [-0.4, -0.2) is 55.1 Å². The van der Waals surface area contributed by atoms with Gasteiger partial charge in [-0.25, -0.2) is 4.79 Å². The highest BCUT2D eigenvalue weighted by Gasteiger charge is 2.21. The number of unbranched alkanes of at least 4 members (excludes halogenated alkanes) is 1. The summed E-state index contributed by atoms with van der Waals surface area (Å²) in [6.07, 6.45) is 6.00. The number of hydrogen-bond donors (Lipinski definition) is 1. The number of carbonyl (C=O) groups excluding carboxylic acids is 1. The van der Waals surface area contributed by atoms with Crippen molar-refractivity contribution in [2.75, 3.05) is 39.3 Å². The SMILES string of the molecule is CC1CC(C)CN(CCCCNC(=O)N2CCCC2)C1. The van der Waals surface area contributed by atoms with E-state index < -0.39 is 0 Å². The van der Waals surface area contributed by atoms with Crippen LogP contribution in [0.25, 0.3) is 0 Å². The zero-order valence-electron chi connectivity index (χ0n) is 13.2. The lowest BCUT2D eigenvalue weighted by molar-refractivity contribution is 0.139. The smallest absolute Gasteiger partial charge is 0.317 e. The van der Waals surface area contributed by atoms with Crippen molar-refractivity contribution in [1.29, 1.82) is 0 Å². The molecule has 2 rings (SSSR count). The summed E-state index contributed by atoms with van der Waals surface area (Å²) >= 11 is 0. The maximum atomic E-state index is 11.8. The van der Waals surface area contributed by atoms with Gasteiger partial charge in [0.2, 0.25) is 0 Å². The minimum Gasteiger partial charge on any atom is -0.338 e. The molecule has 4 nitrogen and oxygen atoms in total. The minimum atomic E-state index is 0.141. The number of carbonyl (C=O) groups is 1. The van der Waals surface area contributed by atoms with Gasteiger partial charge in [0.1, 0.15) is 0 Å². The molecule has 2 aliphatic heterocycles. The number of amides is 2. The van der Waals surface area contributed by atoms with Crippen molar-refractivity contribution < 1.29 is 4.79 Å². The van der Waals surface area contributed by atoms with Crippen LogP contribution in [0.15, 0.2) is 0 Å². The van der Waals surface area contributed by atoms with Gasteiger partial charge in [-0.3, -0.25) is 0 Å². The first kappa shape index (κ1) is 15.6. The Morgan fingerprint density at radius 3 is 2.40 bits per heavy atom. The number of urea groups is 1. The molecule has 0 aromatic rings. The Kier molecular flexibility index (Phi) is 6.14. The molecule has 2 saturated heterocycles. The molecule has 2 amide bonds. The Bertz CT molecular complexity index is 292. The molecule has 2 fully saturated rings. The van der Waals surface area contributed by atoms with Crippen LogP contribution in [0.4, 0.5) is 4.79 Å². The van der Waals surface area contributed by atoms with E-state index in [1.807, 2.05) is 4.90 Å². The third-order valence-electron chi connectivity index (χ3n) is 4.52. The Labute approximate surface area is 123 Å². The largest absolute Gasteiger partial charge is 0.338 e. The molecule has 0 saturated carbocycles. The van der Waals surface area contributed by atoms with E-state index in [9.17, 15) is 4.79 Å². The average Bonchev–Trinajstić information content (AvgIpc) is 2.90. The summed E-state index contributed by atoms with van der Waals surface area (Å²) in [6, 6.07) is 0.141. The normalized spacial score (nSPS) is 27.8. The van der Waals surface area contributed by atoms with Crippen LogP contribution in [0.3, 0.4) is 0 Å². The molecule has 0 bridgehead atoms. The number of likely N-dealkylation sites (tertiary alicyclic amines) is 2. The maximum Gasteiger partial charge on any atom is 0.317 e. The van der Waals surface area contributed by atoms with Gasteiger partial charge in [0.25, 0.3) is 0 Å². The van der Waals surface area contributed by atoms with Crippen molar-refractivity contribution in [3.8, 4) is 0 Å². The van der Waals surface area contributed by atoms with Gasteiger partial charge in [0.05, 0.1) is 0 Å². The molecular weight excluding hydrogens is 250 g/mol. The van der Waals surface area contributed by atoms with Crippen LogP contribution in [0, 0.1) is 11.8 Å². The highest BCUT2D eigenvalue weighted by molar-refractivity contribution is 5.74. The Hall–Kier alpha value is -0.770. The predicted molar refractivity (Wildman–Crippen MR) is 82.8 cm³/mol. The number of nitrogens with zero attached hydrogens (tertiary/aromatic N) is 2. The van der Waals surface area contributed by atoms with E-state index in [0.29, 0.717) is 0 Å². The summed E-state index contributed by atoms with van der Waals surface area (Å²) in [6.45, 7) is 11.1. The second kappa shape index (κ2) is 7.87. The van der Waals surface area contributed by atoms with E-state index >= 15 is 0 Å². The molecule has 0 spiro atoms. The van der Waals surface area contributed by atoms with Gasteiger partial charge < -0.3 is 15.1 Å². The summed E-state index contributed by atoms with van der Waals surface area (Å²) in [5.41, 5.74) is 0. The quantitative estimate of drug-likeness (QED) is 0.786. The van der Waals surface area contributed by atoms with E-state index in [2.05, 4.69) is 24.1 Å². The van der Waals surface area contributed by atoms with Crippen LogP contribution in [0.2, 0.25) is 0 Å². The van der Waals surface area contributed by atoms with E-state index in [1.54, 1.807) is 0 Å². The average molecular weight is 281 g/mol. The molecule has 1 N–H and O–H groups in total. The fourth-order valence-electron chi connectivity index (χ4n) is 3.66. The molecule has 2 heterocycles. The Balaban J connectivity index is 1.52. The highest BCUT2D eigenvalue weighted by Crippen LogP contribution is 2.20. The van der Waals surface area contributed by atoms with Crippen molar-refractivity contribution in [3.05, 3.63) is 0 Å². The molecule has 2 aliphatic rings. The molecule has 4 heteroatoms. The molecule has 0 aliphatic carbocycles. The number of nitrogens with one attached hydrogen (secondary N) is 1. The van der Waals surface area contributed by atoms with E-state index in [-0.39, 0.29) is 6.03 Å². The van der Waals surface area contributed by atoms with Crippen LogP contribution in [0.5, 0.6) is 0 Å². The predicted octanol–water partition coefficient (Wildman–Crippen LogP) is 2.55. The van der Waals surface area contributed by atoms with Gasteiger partial charge in [0, 0.05) is 32.7 Å². The van der Waals surface area contributed by atoms with E-state index in [1.165, 1.54) is 45.3 Å². The van der Waals surface area contributed by atoms with Crippen molar-refractivity contribution >= 4 is 6.03 Å². The zero-order valence-corrected chi connectivity index (χ0v) is 13.2. The van der Waals surface area contributed by atoms with Crippen molar-refractivity contribution in [2.45, 2.75) is 46.0 Å². The summed E-state index contributed by atoms with van der Waals surface area (Å²) in [4.78, 5) is 16.3. The third-order valence-corrected chi connectivity index (χ3v) is 4.52. The highest BCUT2D eigenvalue weighted by atomic mass is 16.2. The first-order valence-electron chi connectivity index (χ1n) is 8.40. The Morgan fingerprint density at radius 1 is 1.10 bits per heavy atom. The summed E-state index contributed by atoms with van der Waals surface area (Å²) in [7, 11) is 0. The molecule has 2 atom stereocenters. The van der Waals surface area contributed by atoms with Gasteiger partial charge >= 0.3 is 6.03 Å². The summed E-state index contributed by atoms with van der Waals surface area (Å²) < 4.78 is 0. The standard InChI is InChI=1S/C16H31N3O/c1-14-11-15(2)13-18(12-14)8-4-3-7-17-16(20)19-9-5-6-10-19/h14-15H,3-13H2,1-2H3,(H,17,20). The monoisotopic (exact) mass is 281 g/mol. The molecule has 0 aromatic heterocycles. The lowest BCUT2D eigenvalue weighted by Gasteiger charge is -2.34. The number of hydrogen-bond acceptors (Lipinski definition) is 2. The number of rotatable bonds is 5. The summed E-state index contributed by atoms with van der Waals surface area (Å²) in [5.74, 6) is 1.68.